The molecule has 116 valence electrons. The smallest absolute Gasteiger partial charge is 0.211 e. The zero-order valence-corrected chi connectivity index (χ0v) is 12.1. The van der Waals surface area contributed by atoms with Gasteiger partial charge in [0.15, 0.2) is 11.5 Å². The number of hydrogen-bond donors (Lipinski definition) is 1. The lowest BCUT2D eigenvalue weighted by Crippen LogP contribution is -2.64. The minimum absolute atomic E-state index is 0.0499. The summed E-state index contributed by atoms with van der Waals surface area (Å²) in [7, 11) is 1.36. The number of hydrogen-bond acceptors (Lipinski definition) is 4. The van der Waals surface area contributed by atoms with E-state index in [1.165, 1.54) is 24.2 Å². The van der Waals surface area contributed by atoms with Gasteiger partial charge in [-0.25, -0.2) is 0 Å². The van der Waals surface area contributed by atoms with Crippen LogP contribution in [0.2, 0.25) is 0 Å². The van der Waals surface area contributed by atoms with Crippen LogP contribution in [0.3, 0.4) is 0 Å². The maximum Gasteiger partial charge on any atom is 0.211 e. The summed E-state index contributed by atoms with van der Waals surface area (Å²) in [4.78, 5) is 1.30. The van der Waals surface area contributed by atoms with Crippen molar-refractivity contribution in [2.75, 3.05) is 20.6 Å². The third-order valence-corrected chi connectivity index (χ3v) is 5.48. The molecule has 0 saturated carbocycles. The third-order valence-electron chi connectivity index (χ3n) is 5.48. The second-order valence-corrected chi connectivity index (χ2v) is 6.29. The predicted molar refractivity (Wildman–Crippen MR) is 82.5 cm³/mol. The summed E-state index contributed by atoms with van der Waals surface area (Å²) in [5.41, 5.74) is -0.223. The Hall–Kier alpha value is -1.52. The number of piperidine rings is 1. The molecule has 0 aromatic heterocycles. The van der Waals surface area contributed by atoms with Crippen molar-refractivity contribution >= 4 is 0 Å². The first-order valence-electron chi connectivity index (χ1n) is 11.4. The molecular weight excluding hydrogens is 278 g/mol. The summed E-state index contributed by atoms with van der Waals surface area (Å²) in [6.45, 7) is -2.30. The summed E-state index contributed by atoms with van der Waals surface area (Å²) >= 11 is 0. The predicted octanol–water partition coefficient (Wildman–Crippen LogP) is 1.50. The topological polar surface area (TPSA) is 41.9 Å². The van der Waals surface area contributed by atoms with Crippen molar-refractivity contribution in [1.29, 1.82) is 1.43 Å². The Bertz CT molecular complexity index is 983. The molecule has 2 heterocycles. The number of aliphatic hydroxyl groups is 1. The average molecular weight is 307 g/mol. The lowest BCUT2D eigenvalue weighted by atomic mass is 9.53. The minimum atomic E-state index is -2.44. The van der Waals surface area contributed by atoms with Crippen molar-refractivity contribution in [3.05, 3.63) is 35.4 Å². The van der Waals surface area contributed by atoms with Gasteiger partial charge >= 0.3 is 0 Å². The minimum Gasteiger partial charge on any atom is -0.493 e. The van der Waals surface area contributed by atoms with Crippen molar-refractivity contribution in [2.45, 2.75) is 36.5 Å². The highest BCUT2D eigenvalue weighted by Gasteiger charge is 2.64. The molecule has 1 spiro atoms. The molecule has 2 bridgehead atoms. The number of ether oxygens (including phenoxy) is 2. The highest BCUT2D eigenvalue weighted by atomic mass is 16.5. The highest BCUT2D eigenvalue weighted by molar-refractivity contribution is 5.62. The average Bonchev–Trinajstić information content (AvgIpc) is 3.01. The Morgan fingerprint density at radius 2 is 2.55 bits per heavy atom. The first-order chi connectivity index (χ1) is 14.0. The molecular formula is C18H21NO3. The fraction of sp³-hybridized carbons (Fsp3) is 0.556. The Kier molecular flexibility index (Phi) is 1.36. The monoisotopic (exact) mass is 307 g/mol. The van der Waals surface area contributed by atoms with E-state index < -0.39 is 36.5 Å². The van der Waals surface area contributed by atoms with Gasteiger partial charge in [-0.3, -0.25) is 0 Å². The Morgan fingerprint density at radius 1 is 1.59 bits per heavy atom. The molecule has 1 aromatic rings. The summed E-state index contributed by atoms with van der Waals surface area (Å²) in [6, 6.07) is -1.09. The highest BCUT2D eigenvalue weighted by Crippen LogP contribution is 2.62. The van der Waals surface area contributed by atoms with E-state index in [2.05, 4.69) is 0 Å². The molecule has 2 unspecified atom stereocenters. The maximum atomic E-state index is 9.48. The van der Waals surface area contributed by atoms with E-state index in [1.54, 1.807) is 0 Å². The molecule has 0 amide bonds. The molecule has 5 rings (SSSR count). The quantitative estimate of drug-likeness (QED) is 0.841. The van der Waals surface area contributed by atoms with Gasteiger partial charge in [0.25, 0.3) is 0 Å². The standard InChI is InChI=1S/C18H21NO3/c1-19-8-7-18-11-4-5-13(20)17(18)22-16-14(21-2)6-3-10(15(16)18)9-12(11)19/h3-6,11-13,17,20H,7-9H2,1-2H3/t11-,12+,13?,17?,18-/m0/s1/i1D3,3D,6D,11D,13D,20D. The van der Waals surface area contributed by atoms with Gasteiger partial charge in [0.2, 0.25) is 1.43 Å². The van der Waals surface area contributed by atoms with E-state index in [-0.39, 0.29) is 43.0 Å². The zero-order chi connectivity index (χ0) is 21.9. The number of rotatable bonds is 2. The largest absolute Gasteiger partial charge is 0.493 e. The SMILES string of the molecule is [2H]OC1([2H])C=C[C@@]2([2H])[C@H]3Cc4c([2H])c([2H])c(OC)c5c4[C@@]2(CCN3C([2H])([2H])[2H])C1O5. The van der Waals surface area contributed by atoms with Gasteiger partial charge in [-0.1, -0.05) is 18.2 Å². The molecule has 2 aliphatic heterocycles. The molecule has 5 atom stereocenters. The van der Waals surface area contributed by atoms with Gasteiger partial charge in [0.1, 0.15) is 12.2 Å². The first kappa shape index (κ1) is 7.37. The van der Waals surface area contributed by atoms with Crippen molar-refractivity contribution in [3.63, 3.8) is 0 Å². The van der Waals surface area contributed by atoms with E-state index in [0.717, 1.165) is 0 Å². The van der Waals surface area contributed by atoms with Crippen LogP contribution in [0, 0.1) is 5.89 Å². The fourth-order valence-electron chi connectivity index (χ4n) is 4.58. The lowest BCUT2D eigenvalue weighted by molar-refractivity contribution is -0.0453. The van der Waals surface area contributed by atoms with Gasteiger partial charge in [-0.2, -0.15) is 0 Å². The summed E-state index contributed by atoms with van der Waals surface area (Å²) in [5, 5.41) is 4.76. The van der Waals surface area contributed by atoms with Crippen LogP contribution in [0.4, 0.5) is 0 Å². The second-order valence-electron chi connectivity index (χ2n) is 6.29. The summed E-state index contributed by atoms with van der Waals surface area (Å²) < 4.78 is 78.1. The van der Waals surface area contributed by atoms with Crippen LogP contribution in [0.5, 0.6) is 11.5 Å². The van der Waals surface area contributed by atoms with Crippen molar-refractivity contribution in [2.24, 2.45) is 5.89 Å². The van der Waals surface area contributed by atoms with Crippen LogP contribution in [0.15, 0.2) is 24.2 Å². The zero-order valence-electron chi connectivity index (χ0n) is 20.1. The fourth-order valence-corrected chi connectivity index (χ4v) is 4.58. The van der Waals surface area contributed by atoms with Crippen molar-refractivity contribution < 1.29 is 24.2 Å². The molecule has 2 aliphatic carbocycles. The number of likely N-dealkylation sites (tertiary alicyclic amines) is 1. The van der Waals surface area contributed by atoms with E-state index in [9.17, 15) is 1.37 Å². The molecule has 1 aromatic carbocycles. The number of likely N-dealkylation sites (N-methyl/N-ethyl adjacent to an activating group) is 1. The first-order valence-corrected chi connectivity index (χ1v) is 7.45. The number of methoxy groups -OCH3 is 1. The van der Waals surface area contributed by atoms with Crippen LogP contribution in [-0.4, -0.2) is 50.3 Å². The Balaban J connectivity index is 1.88. The Morgan fingerprint density at radius 3 is 3.36 bits per heavy atom. The molecule has 4 aliphatic rings. The molecule has 22 heavy (non-hydrogen) atoms. The van der Waals surface area contributed by atoms with Crippen molar-refractivity contribution in [3.8, 4) is 11.5 Å². The Labute approximate surface area is 141 Å². The van der Waals surface area contributed by atoms with E-state index in [0.29, 0.717) is 11.1 Å². The molecule has 4 heteroatoms. The molecule has 1 fully saturated rings. The third kappa shape index (κ3) is 1.28. The second kappa shape index (κ2) is 4.06. The van der Waals surface area contributed by atoms with Gasteiger partial charge in [-0.15, -0.1) is 0 Å². The summed E-state index contributed by atoms with van der Waals surface area (Å²) in [6.07, 6.45) is -0.0215. The molecule has 0 radical (unpaired) electrons. The number of benzene rings is 1. The van der Waals surface area contributed by atoms with E-state index in [1.807, 2.05) is 0 Å². The normalized spacial score (nSPS) is 53.5. The molecule has 4 nitrogen and oxygen atoms in total. The van der Waals surface area contributed by atoms with Crippen LogP contribution >= 0.6 is 0 Å². The van der Waals surface area contributed by atoms with Crippen LogP contribution in [0.25, 0.3) is 0 Å². The van der Waals surface area contributed by atoms with Crippen LogP contribution in [-0.2, 0) is 11.8 Å². The van der Waals surface area contributed by atoms with Gasteiger partial charge in [-0.05, 0) is 38.0 Å². The lowest BCUT2D eigenvalue weighted by Gasteiger charge is -2.56. The maximum absolute atomic E-state index is 9.48. The van der Waals surface area contributed by atoms with E-state index in [4.69, 9.17) is 24.2 Å². The molecule has 1 N–H and O–H groups in total. The molecule has 1 saturated heterocycles. The van der Waals surface area contributed by atoms with Crippen LogP contribution in [0.1, 0.15) is 27.1 Å². The number of nitrogens with zero attached hydrogens (tertiary/aromatic N) is 1. The van der Waals surface area contributed by atoms with Crippen molar-refractivity contribution in [1.82, 2.24) is 4.90 Å². The summed E-state index contributed by atoms with van der Waals surface area (Å²) in [5.74, 6) is -1.23. The van der Waals surface area contributed by atoms with E-state index >= 15 is 0 Å². The van der Waals surface area contributed by atoms with Gasteiger partial charge in [0.05, 0.1) is 11.2 Å². The van der Waals surface area contributed by atoms with Gasteiger partial charge in [0, 0.05) is 28.4 Å². The van der Waals surface area contributed by atoms with Crippen LogP contribution < -0.4 is 9.47 Å². The van der Waals surface area contributed by atoms with Gasteiger partial charge < -0.3 is 19.5 Å².